The summed E-state index contributed by atoms with van der Waals surface area (Å²) in [7, 11) is 0. The summed E-state index contributed by atoms with van der Waals surface area (Å²) in [6, 6.07) is 9.75. The quantitative estimate of drug-likeness (QED) is 0.549. The molecule has 0 saturated carbocycles. The summed E-state index contributed by atoms with van der Waals surface area (Å²) < 4.78 is 5.30. The molecule has 126 valence electrons. The molecule has 0 unspecified atom stereocenters. The first-order valence-electron chi connectivity index (χ1n) is 7.21. The lowest BCUT2D eigenvalue weighted by atomic mass is 10.1. The second kappa shape index (κ2) is 8.23. The summed E-state index contributed by atoms with van der Waals surface area (Å²) >= 11 is 1.48. The second-order valence-electron chi connectivity index (χ2n) is 5.13. The van der Waals surface area contributed by atoms with Gasteiger partial charge in [0.15, 0.2) is 5.16 Å². The van der Waals surface area contributed by atoms with Gasteiger partial charge in [-0.3, -0.25) is 0 Å². The maximum atomic E-state index is 5.59. The fraction of sp³-hybridized carbons (Fsp3) is 0.250. The largest absolute Gasteiger partial charge is 0.338 e. The van der Waals surface area contributed by atoms with Crippen LogP contribution < -0.4 is 5.73 Å². The van der Waals surface area contributed by atoms with Crippen LogP contribution in [0.15, 0.2) is 40.0 Å². The van der Waals surface area contributed by atoms with Gasteiger partial charge in [-0.2, -0.15) is 4.98 Å². The lowest BCUT2D eigenvalue weighted by Crippen LogP contribution is -1.95. The lowest BCUT2D eigenvalue weighted by Gasteiger charge is -2.00. The van der Waals surface area contributed by atoms with E-state index < -0.39 is 0 Å². The van der Waals surface area contributed by atoms with E-state index >= 15 is 0 Å². The van der Waals surface area contributed by atoms with Crippen LogP contribution in [0.4, 0.5) is 0 Å². The van der Waals surface area contributed by atoms with Crippen LogP contribution in [0.3, 0.4) is 0 Å². The van der Waals surface area contributed by atoms with Gasteiger partial charge in [0.05, 0.1) is 5.75 Å². The van der Waals surface area contributed by atoms with Crippen molar-refractivity contribution in [2.24, 2.45) is 5.73 Å². The van der Waals surface area contributed by atoms with E-state index in [-0.39, 0.29) is 12.4 Å². The summed E-state index contributed by atoms with van der Waals surface area (Å²) in [5, 5.41) is 4.73. The zero-order chi connectivity index (χ0) is 16.2. The number of aryl methyl sites for hydroxylation is 2. The zero-order valence-corrected chi connectivity index (χ0v) is 15.0. The Morgan fingerprint density at radius 1 is 1.04 bits per heavy atom. The number of benzene rings is 1. The van der Waals surface area contributed by atoms with E-state index in [2.05, 4.69) is 20.1 Å². The van der Waals surface area contributed by atoms with E-state index in [0.717, 1.165) is 27.7 Å². The molecule has 0 bridgehead atoms. The maximum absolute atomic E-state index is 5.59. The molecule has 0 fully saturated rings. The molecule has 0 saturated heterocycles. The number of halogens is 1. The Balaban J connectivity index is 0.00000208. The highest BCUT2D eigenvalue weighted by molar-refractivity contribution is 7.98. The summed E-state index contributed by atoms with van der Waals surface area (Å²) in [5.41, 5.74) is 9.47. The smallest absolute Gasteiger partial charge is 0.237 e. The minimum atomic E-state index is 0. The molecule has 2 N–H and O–H groups in total. The van der Waals surface area contributed by atoms with Crippen LogP contribution in [0.2, 0.25) is 0 Å². The fourth-order valence-corrected chi connectivity index (χ4v) is 2.89. The van der Waals surface area contributed by atoms with Gasteiger partial charge in [-0.1, -0.05) is 41.2 Å². The first kappa shape index (κ1) is 18.4. The molecule has 1 aromatic carbocycles. The van der Waals surface area contributed by atoms with Gasteiger partial charge in [-0.15, -0.1) is 12.4 Å². The molecule has 0 radical (unpaired) electrons. The van der Waals surface area contributed by atoms with Crippen LogP contribution >= 0.6 is 24.2 Å². The molecule has 0 atom stereocenters. The summed E-state index contributed by atoms with van der Waals surface area (Å²) in [6.45, 7) is 4.42. The average Bonchev–Trinajstić information content (AvgIpc) is 3.01. The van der Waals surface area contributed by atoms with Gasteiger partial charge in [0.1, 0.15) is 0 Å². The Hall–Kier alpha value is -1.96. The van der Waals surface area contributed by atoms with E-state index in [4.69, 9.17) is 10.3 Å². The van der Waals surface area contributed by atoms with Crippen molar-refractivity contribution in [2.75, 3.05) is 0 Å². The summed E-state index contributed by atoms with van der Waals surface area (Å²) in [5.74, 6) is 1.66. The maximum Gasteiger partial charge on any atom is 0.237 e. The average molecular weight is 364 g/mol. The van der Waals surface area contributed by atoms with Crippen LogP contribution in [0.25, 0.3) is 11.4 Å². The standard InChI is InChI=1S/C16H17N5OS.ClH/c1-10-7-11(2)19-16(18-10)23-9-14-20-15(21-22-14)13-5-3-12(8-17)4-6-13;/h3-7H,8-9,17H2,1-2H3;1H. The molecule has 0 amide bonds. The van der Waals surface area contributed by atoms with E-state index in [1.807, 2.05) is 44.2 Å². The fourth-order valence-electron chi connectivity index (χ4n) is 2.11. The van der Waals surface area contributed by atoms with Crippen LogP contribution in [0, 0.1) is 13.8 Å². The Bertz CT molecular complexity index is 786. The summed E-state index contributed by atoms with van der Waals surface area (Å²) in [6.07, 6.45) is 0. The minimum Gasteiger partial charge on any atom is -0.338 e. The number of aromatic nitrogens is 4. The first-order chi connectivity index (χ1) is 11.1. The molecular formula is C16H18ClN5OS. The molecule has 0 spiro atoms. The van der Waals surface area contributed by atoms with Gasteiger partial charge in [0.2, 0.25) is 11.7 Å². The highest BCUT2D eigenvalue weighted by Gasteiger charge is 2.10. The topological polar surface area (TPSA) is 90.7 Å². The van der Waals surface area contributed by atoms with E-state index in [0.29, 0.717) is 24.0 Å². The third kappa shape index (κ3) is 4.53. The van der Waals surface area contributed by atoms with Crippen molar-refractivity contribution < 1.29 is 4.52 Å². The Labute approximate surface area is 150 Å². The van der Waals surface area contributed by atoms with Crippen molar-refractivity contribution in [3.8, 4) is 11.4 Å². The number of thioether (sulfide) groups is 1. The Morgan fingerprint density at radius 2 is 1.71 bits per heavy atom. The molecule has 3 rings (SSSR count). The molecule has 8 heteroatoms. The monoisotopic (exact) mass is 363 g/mol. The number of nitrogens with zero attached hydrogens (tertiary/aromatic N) is 4. The predicted octanol–water partition coefficient (Wildman–Crippen LogP) is 3.32. The van der Waals surface area contributed by atoms with Crippen molar-refractivity contribution in [3.05, 3.63) is 53.2 Å². The van der Waals surface area contributed by atoms with Gasteiger partial charge >= 0.3 is 0 Å². The van der Waals surface area contributed by atoms with Crippen molar-refractivity contribution >= 4 is 24.2 Å². The molecule has 3 aromatic rings. The van der Waals surface area contributed by atoms with Crippen molar-refractivity contribution in [1.29, 1.82) is 0 Å². The minimum absolute atomic E-state index is 0. The zero-order valence-electron chi connectivity index (χ0n) is 13.4. The van der Waals surface area contributed by atoms with Gasteiger partial charge in [0.25, 0.3) is 0 Å². The van der Waals surface area contributed by atoms with Gasteiger partial charge in [0, 0.05) is 23.5 Å². The number of rotatable bonds is 5. The molecule has 0 aliphatic heterocycles. The van der Waals surface area contributed by atoms with E-state index in [9.17, 15) is 0 Å². The molecule has 6 nitrogen and oxygen atoms in total. The number of hydrogen-bond acceptors (Lipinski definition) is 7. The Morgan fingerprint density at radius 3 is 2.33 bits per heavy atom. The van der Waals surface area contributed by atoms with Gasteiger partial charge in [-0.25, -0.2) is 9.97 Å². The van der Waals surface area contributed by atoms with Crippen LogP contribution in [-0.2, 0) is 12.3 Å². The SMILES string of the molecule is Cc1cc(C)nc(SCc2nc(-c3ccc(CN)cc3)no2)n1.Cl. The lowest BCUT2D eigenvalue weighted by molar-refractivity contribution is 0.391. The van der Waals surface area contributed by atoms with Crippen LogP contribution in [0.1, 0.15) is 22.8 Å². The van der Waals surface area contributed by atoms with E-state index in [1.165, 1.54) is 11.8 Å². The summed E-state index contributed by atoms with van der Waals surface area (Å²) in [4.78, 5) is 13.2. The first-order valence-corrected chi connectivity index (χ1v) is 8.19. The van der Waals surface area contributed by atoms with Crippen LogP contribution in [-0.4, -0.2) is 20.1 Å². The molecule has 0 aliphatic rings. The van der Waals surface area contributed by atoms with Crippen LogP contribution in [0.5, 0.6) is 0 Å². The molecule has 0 aliphatic carbocycles. The van der Waals surface area contributed by atoms with Gasteiger partial charge in [-0.05, 0) is 25.5 Å². The van der Waals surface area contributed by atoms with Crippen molar-refractivity contribution in [1.82, 2.24) is 20.1 Å². The predicted molar refractivity (Wildman–Crippen MR) is 95.9 cm³/mol. The highest BCUT2D eigenvalue weighted by Crippen LogP contribution is 2.22. The number of nitrogens with two attached hydrogens (primary N) is 1. The molecular weight excluding hydrogens is 346 g/mol. The molecule has 2 heterocycles. The van der Waals surface area contributed by atoms with Crippen molar-refractivity contribution in [2.45, 2.75) is 31.3 Å². The third-order valence-electron chi connectivity index (χ3n) is 3.20. The molecule has 24 heavy (non-hydrogen) atoms. The highest BCUT2D eigenvalue weighted by atomic mass is 35.5. The van der Waals surface area contributed by atoms with E-state index in [1.54, 1.807) is 0 Å². The van der Waals surface area contributed by atoms with Crippen molar-refractivity contribution in [3.63, 3.8) is 0 Å². The Kier molecular flexibility index (Phi) is 6.30. The number of hydrogen-bond donors (Lipinski definition) is 1. The molecule has 2 aromatic heterocycles. The third-order valence-corrected chi connectivity index (χ3v) is 4.03. The van der Waals surface area contributed by atoms with Gasteiger partial charge < -0.3 is 10.3 Å². The normalized spacial score (nSPS) is 10.5. The second-order valence-corrected chi connectivity index (χ2v) is 6.08.